The lowest BCUT2D eigenvalue weighted by Gasteiger charge is -2.12. The highest BCUT2D eigenvalue weighted by Crippen LogP contribution is 2.40. The van der Waals surface area contributed by atoms with Crippen LogP contribution in [0.5, 0.6) is 0 Å². The molecule has 0 radical (unpaired) electrons. The molecule has 21 heavy (non-hydrogen) atoms. The Kier molecular flexibility index (Phi) is 3.92. The van der Waals surface area contributed by atoms with E-state index in [4.69, 9.17) is 0 Å². The van der Waals surface area contributed by atoms with Gasteiger partial charge in [-0.1, -0.05) is 0 Å². The molecule has 0 amide bonds. The molecule has 0 unspecified atom stereocenters. The lowest BCUT2D eigenvalue weighted by molar-refractivity contribution is 0.854. The third-order valence-electron chi connectivity index (χ3n) is 3.25. The topological polar surface area (TPSA) is 83.6 Å². The van der Waals surface area contributed by atoms with Gasteiger partial charge in [-0.3, -0.25) is 4.79 Å². The first kappa shape index (κ1) is 14.1. The highest BCUT2D eigenvalue weighted by molar-refractivity contribution is 7.99. The maximum Gasteiger partial charge on any atom is 0.251 e. The van der Waals surface area contributed by atoms with Gasteiger partial charge in [0.15, 0.2) is 5.16 Å². The van der Waals surface area contributed by atoms with Gasteiger partial charge in [0.2, 0.25) is 0 Å². The van der Waals surface area contributed by atoms with Crippen molar-refractivity contribution in [2.45, 2.75) is 42.8 Å². The summed E-state index contributed by atoms with van der Waals surface area (Å²) in [6.45, 7) is 4.84. The van der Waals surface area contributed by atoms with Crippen LogP contribution in [0.25, 0.3) is 0 Å². The first-order valence-electron chi connectivity index (χ1n) is 7.03. The standard InChI is InChI=1S/C14H17N5OS/c1-3-15-11-8(2)13(19-12(18-11)9-4-5-9)21-14-16-7-6-10(20)17-14/h6-7,9H,3-5H2,1-2H3,(H,15,18,19)(H,16,17,20). The van der Waals surface area contributed by atoms with E-state index in [1.807, 2.05) is 13.8 Å². The average molecular weight is 303 g/mol. The number of nitrogens with zero attached hydrogens (tertiary/aromatic N) is 3. The van der Waals surface area contributed by atoms with Crippen molar-refractivity contribution < 1.29 is 0 Å². The second kappa shape index (κ2) is 5.85. The molecule has 0 aliphatic heterocycles. The number of nitrogens with one attached hydrogen (secondary N) is 2. The normalized spacial score (nSPS) is 14.2. The summed E-state index contributed by atoms with van der Waals surface area (Å²) in [4.78, 5) is 27.5. The van der Waals surface area contributed by atoms with Crippen molar-refractivity contribution in [2.75, 3.05) is 11.9 Å². The highest BCUT2D eigenvalue weighted by atomic mass is 32.2. The third-order valence-corrected chi connectivity index (χ3v) is 4.24. The average Bonchev–Trinajstić information content (AvgIpc) is 3.28. The number of hydrogen-bond donors (Lipinski definition) is 2. The molecule has 1 aliphatic carbocycles. The monoisotopic (exact) mass is 303 g/mol. The van der Waals surface area contributed by atoms with Crippen molar-refractivity contribution in [1.29, 1.82) is 0 Å². The van der Waals surface area contributed by atoms with Gasteiger partial charge < -0.3 is 10.3 Å². The summed E-state index contributed by atoms with van der Waals surface area (Å²) in [7, 11) is 0. The second-order valence-electron chi connectivity index (χ2n) is 5.01. The molecule has 0 spiro atoms. The molecular weight excluding hydrogens is 286 g/mol. The molecule has 3 rings (SSSR count). The molecule has 0 bridgehead atoms. The van der Waals surface area contributed by atoms with Gasteiger partial charge in [-0.25, -0.2) is 15.0 Å². The molecule has 0 atom stereocenters. The predicted molar refractivity (Wildman–Crippen MR) is 81.9 cm³/mol. The van der Waals surface area contributed by atoms with E-state index >= 15 is 0 Å². The Balaban J connectivity index is 1.97. The molecule has 2 N–H and O–H groups in total. The van der Waals surface area contributed by atoms with Crippen LogP contribution in [0.2, 0.25) is 0 Å². The van der Waals surface area contributed by atoms with Gasteiger partial charge in [-0.15, -0.1) is 0 Å². The quantitative estimate of drug-likeness (QED) is 0.651. The smallest absolute Gasteiger partial charge is 0.251 e. The fraction of sp³-hybridized carbons (Fsp3) is 0.429. The molecule has 2 heterocycles. The van der Waals surface area contributed by atoms with Crippen molar-refractivity contribution in [1.82, 2.24) is 19.9 Å². The van der Waals surface area contributed by atoms with E-state index < -0.39 is 0 Å². The predicted octanol–water partition coefficient (Wildman–Crippen LogP) is 2.33. The number of aromatic nitrogens is 4. The van der Waals surface area contributed by atoms with Crippen LogP contribution in [0.15, 0.2) is 27.2 Å². The van der Waals surface area contributed by atoms with Crippen LogP contribution in [0.3, 0.4) is 0 Å². The maximum absolute atomic E-state index is 11.4. The minimum Gasteiger partial charge on any atom is -0.370 e. The Morgan fingerprint density at radius 1 is 1.43 bits per heavy atom. The van der Waals surface area contributed by atoms with Crippen molar-refractivity contribution in [3.8, 4) is 0 Å². The molecule has 0 aromatic carbocycles. The number of H-pyrrole nitrogens is 1. The lowest BCUT2D eigenvalue weighted by Crippen LogP contribution is -2.08. The molecule has 1 aliphatic rings. The Labute approximate surface area is 126 Å². The van der Waals surface area contributed by atoms with E-state index in [1.165, 1.54) is 24.0 Å². The second-order valence-corrected chi connectivity index (χ2v) is 5.98. The summed E-state index contributed by atoms with van der Waals surface area (Å²) in [6.07, 6.45) is 3.81. The minimum absolute atomic E-state index is 0.159. The summed E-state index contributed by atoms with van der Waals surface area (Å²) >= 11 is 1.37. The fourth-order valence-corrected chi connectivity index (χ4v) is 2.81. The van der Waals surface area contributed by atoms with E-state index in [2.05, 4.69) is 25.3 Å². The van der Waals surface area contributed by atoms with E-state index in [0.29, 0.717) is 11.1 Å². The first-order valence-corrected chi connectivity index (χ1v) is 7.84. The molecule has 7 heteroatoms. The summed E-state index contributed by atoms with van der Waals surface area (Å²) in [6, 6.07) is 1.40. The maximum atomic E-state index is 11.4. The summed E-state index contributed by atoms with van der Waals surface area (Å²) in [5.74, 6) is 2.23. The largest absolute Gasteiger partial charge is 0.370 e. The Hall–Kier alpha value is -1.89. The third kappa shape index (κ3) is 3.24. The molecule has 2 aromatic heterocycles. The van der Waals surface area contributed by atoms with Gasteiger partial charge in [0.1, 0.15) is 16.7 Å². The summed E-state index contributed by atoms with van der Waals surface area (Å²) < 4.78 is 0. The number of anilines is 1. The fourth-order valence-electron chi connectivity index (χ4n) is 1.97. The molecule has 0 saturated heterocycles. The molecule has 1 saturated carbocycles. The van der Waals surface area contributed by atoms with E-state index in [0.717, 1.165) is 41.6 Å². The van der Waals surface area contributed by atoms with Crippen LogP contribution < -0.4 is 10.9 Å². The van der Waals surface area contributed by atoms with Crippen LogP contribution >= 0.6 is 11.8 Å². The van der Waals surface area contributed by atoms with Gasteiger partial charge in [0.05, 0.1) is 0 Å². The van der Waals surface area contributed by atoms with Crippen molar-refractivity contribution in [3.63, 3.8) is 0 Å². The summed E-state index contributed by atoms with van der Waals surface area (Å²) in [5, 5.41) is 4.67. The van der Waals surface area contributed by atoms with Crippen LogP contribution in [0, 0.1) is 6.92 Å². The zero-order valence-electron chi connectivity index (χ0n) is 12.0. The van der Waals surface area contributed by atoms with Crippen LogP contribution in [0.4, 0.5) is 5.82 Å². The van der Waals surface area contributed by atoms with Crippen molar-refractivity contribution >= 4 is 17.6 Å². The highest BCUT2D eigenvalue weighted by Gasteiger charge is 2.28. The Bertz CT molecular complexity index is 711. The lowest BCUT2D eigenvalue weighted by atomic mass is 10.3. The molecule has 1 fully saturated rings. The van der Waals surface area contributed by atoms with Crippen LogP contribution in [-0.2, 0) is 0 Å². The number of aromatic amines is 1. The van der Waals surface area contributed by atoms with E-state index in [9.17, 15) is 4.79 Å². The SMILES string of the molecule is CCNc1nc(C2CC2)nc(Sc2nccc(=O)[nH]2)c1C. The van der Waals surface area contributed by atoms with Crippen LogP contribution in [0.1, 0.15) is 37.1 Å². The van der Waals surface area contributed by atoms with Gasteiger partial charge in [-0.2, -0.15) is 0 Å². The molecular formula is C14H17N5OS. The van der Waals surface area contributed by atoms with Gasteiger partial charge in [0.25, 0.3) is 5.56 Å². The van der Waals surface area contributed by atoms with E-state index in [1.54, 1.807) is 0 Å². The zero-order chi connectivity index (χ0) is 14.8. The Morgan fingerprint density at radius 2 is 2.24 bits per heavy atom. The Morgan fingerprint density at radius 3 is 2.90 bits per heavy atom. The minimum atomic E-state index is -0.159. The molecule has 2 aromatic rings. The van der Waals surface area contributed by atoms with Crippen molar-refractivity contribution in [3.05, 3.63) is 34.0 Å². The first-order chi connectivity index (χ1) is 10.2. The van der Waals surface area contributed by atoms with Gasteiger partial charge in [0, 0.05) is 30.3 Å². The van der Waals surface area contributed by atoms with Crippen LogP contribution in [-0.4, -0.2) is 26.5 Å². The van der Waals surface area contributed by atoms with Crippen molar-refractivity contribution in [2.24, 2.45) is 0 Å². The molecule has 110 valence electrons. The van der Waals surface area contributed by atoms with Gasteiger partial charge in [-0.05, 0) is 38.5 Å². The number of rotatable bonds is 5. The van der Waals surface area contributed by atoms with Gasteiger partial charge >= 0.3 is 0 Å². The summed E-state index contributed by atoms with van der Waals surface area (Å²) in [5.41, 5.74) is 0.825. The van der Waals surface area contributed by atoms with E-state index in [-0.39, 0.29) is 5.56 Å². The molecule has 6 nitrogen and oxygen atoms in total. The zero-order valence-corrected chi connectivity index (χ0v) is 12.8. The number of hydrogen-bond acceptors (Lipinski definition) is 6.